The van der Waals surface area contributed by atoms with Crippen LogP contribution in [0.2, 0.25) is 0 Å². The Morgan fingerprint density at radius 1 is 1.03 bits per heavy atom. The predicted molar refractivity (Wildman–Crippen MR) is 96.3 cm³/mol. The molecule has 0 aliphatic heterocycles. The summed E-state index contributed by atoms with van der Waals surface area (Å²) in [6, 6.07) is 1.74. The number of halogens is 9. The Morgan fingerprint density at radius 3 is 2.15 bits per heavy atom. The zero-order valence-corrected chi connectivity index (χ0v) is 17.5. The fourth-order valence-corrected chi connectivity index (χ4v) is 3.75. The van der Waals surface area contributed by atoms with E-state index in [1.807, 2.05) is 0 Å². The summed E-state index contributed by atoms with van der Waals surface area (Å²) in [5.41, 5.74) is -2.23. The lowest BCUT2D eigenvalue weighted by Gasteiger charge is -2.23. The summed E-state index contributed by atoms with van der Waals surface area (Å²) in [5.74, 6) is -6.31. The third-order valence-corrected chi connectivity index (χ3v) is 6.14. The minimum Gasteiger partial charge on any atom is -0.471 e. The molecule has 0 saturated carbocycles. The maximum atomic E-state index is 13.5. The highest BCUT2D eigenvalue weighted by atomic mass is 32.2. The topological polar surface area (TPSA) is 69.2 Å². The van der Waals surface area contributed by atoms with Crippen molar-refractivity contribution in [1.82, 2.24) is 9.97 Å². The maximum Gasteiger partial charge on any atom is 0.425 e. The van der Waals surface area contributed by atoms with E-state index in [-0.39, 0.29) is 16.8 Å². The molecule has 5 nitrogen and oxygen atoms in total. The van der Waals surface area contributed by atoms with E-state index < -0.39 is 63.0 Å². The zero-order valence-electron chi connectivity index (χ0n) is 16.7. The summed E-state index contributed by atoms with van der Waals surface area (Å²) in [7, 11) is -4.25. The van der Waals surface area contributed by atoms with Crippen molar-refractivity contribution in [1.29, 1.82) is 0 Å². The Hall–Kier alpha value is -2.58. The molecular formula is C18H15F9N2O3S. The van der Waals surface area contributed by atoms with Gasteiger partial charge in [-0.15, -0.1) is 0 Å². The van der Waals surface area contributed by atoms with Crippen molar-refractivity contribution in [2.24, 2.45) is 0 Å². The van der Waals surface area contributed by atoms with Crippen LogP contribution in [0.4, 0.5) is 39.5 Å². The van der Waals surface area contributed by atoms with Gasteiger partial charge in [0.05, 0.1) is 21.9 Å². The van der Waals surface area contributed by atoms with Gasteiger partial charge in [-0.2, -0.15) is 35.1 Å². The van der Waals surface area contributed by atoms with Gasteiger partial charge >= 0.3 is 18.3 Å². The van der Waals surface area contributed by atoms with E-state index in [0.717, 1.165) is 13.0 Å². The lowest BCUT2D eigenvalue weighted by Crippen LogP contribution is -2.45. The molecule has 0 N–H and O–H groups in total. The number of hydrogen-bond acceptors (Lipinski definition) is 5. The molecule has 2 aromatic rings. The van der Waals surface area contributed by atoms with E-state index in [4.69, 9.17) is 0 Å². The molecule has 0 bridgehead atoms. The van der Waals surface area contributed by atoms with Crippen LogP contribution >= 0.6 is 0 Å². The Labute approximate surface area is 181 Å². The smallest absolute Gasteiger partial charge is 0.425 e. The average Bonchev–Trinajstić information content (AvgIpc) is 2.70. The van der Waals surface area contributed by atoms with Crippen molar-refractivity contribution in [2.75, 3.05) is 12.4 Å². The van der Waals surface area contributed by atoms with Crippen LogP contribution in [-0.2, 0) is 16.0 Å². The Morgan fingerprint density at radius 2 is 1.64 bits per heavy atom. The lowest BCUT2D eigenvalue weighted by atomic mass is 10.1. The Kier molecular flexibility index (Phi) is 7.26. The van der Waals surface area contributed by atoms with Crippen molar-refractivity contribution in [3.63, 3.8) is 0 Å². The molecule has 2 rings (SSSR count). The number of nitrogens with zero attached hydrogens (tertiary/aromatic N) is 2. The van der Waals surface area contributed by atoms with Crippen molar-refractivity contribution >= 4 is 9.84 Å². The third kappa shape index (κ3) is 5.86. The van der Waals surface area contributed by atoms with Gasteiger partial charge in [-0.3, -0.25) is 0 Å². The molecule has 0 spiro atoms. The molecule has 0 fully saturated rings. The van der Waals surface area contributed by atoms with E-state index >= 15 is 0 Å². The van der Waals surface area contributed by atoms with E-state index in [9.17, 15) is 47.9 Å². The molecule has 1 aromatic carbocycles. The van der Waals surface area contributed by atoms with Crippen LogP contribution in [-0.4, -0.2) is 49.0 Å². The number of aromatic nitrogens is 2. The normalized spacial score (nSPS) is 14.3. The van der Waals surface area contributed by atoms with Crippen LogP contribution < -0.4 is 4.74 Å². The van der Waals surface area contributed by atoms with Gasteiger partial charge in [0.1, 0.15) is 6.33 Å². The fraction of sp³-hybridized carbons (Fsp3) is 0.444. The summed E-state index contributed by atoms with van der Waals surface area (Å²) >= 11 is 0. The molecular weight excluding hydrogens is 495 g/mol. The molecule has 0 amide bonds. The summed E-state index contributed by atoms with van der Waals surface area (Å²) in [5, 5.41) is 0. The predicted octanol–water partition coefficient (Wildman–Crippen LogP) is 5.18. The van der Waals surface area contributed by atoms with Crippen molar-refractivity contribution in [3.05, 3.63) is 35.7 Å². The van der Waals surface area contributed by atoms with E-state index in [1.54, 1.807) is 0 Å². The first-order chi connectivity index (χ1) is 14.9. The molecule has 0 saturated heterocycles. The first-order valence-corrected chi connectivity index (χ1v) is 10.5. The first kappa shape index (κ1) is 26.7. The highest BCUT2D eigenvalue weighted by Gasteiger charge is 2.57. The summed E-state index contributed by atoms with van der Waals surface area (Å²) in [6.07, 6.45) is -14.6. The van der Waals surface area contributed by atoms with E-state index in [0.29, 0.717) is 18.5 Å². The van der Waals surface area contributed by atoms with Crippen LogP contribution in [0.1, 0.15) is 18.1 Å². The maximum absolute atomic E-state index is 13.5. The second kappa shape index (κ2) is 8.99. The molecule has 1 atom stereocenters. The highest BCUT2D eigenvalue weighted by molar-refractivity contribution is 7.91. The van der Waals surface area contributed by atoms with E-state index in [1.165, 1.54) is 6.92 Å². The average molecular weight is 510 g/mol. The van der Waals surface area contributed by atoms with E-state index in [2.05, 4.69) is 14.7 Å². The molecule has 0 aliphatic carbocycles. The number of ether oxygens (including phenoxy) is 1. The molecule has 184 valence electrons. The molecule has 0 radical (unpaired) electrons. The summed E-state index contributed by atoms with van der Waals surface area (Å²) in [4.78, 5) is 6.44. The monoisotopic (exact) mass is 510 g/mol. The summed E-state index contributed by atoms with van der Waals surface area (Å²) < 4.78 is 145. The van der Waals surface area contributed by atoms with Gasteiger partial charge in [0, 0.05) is 11.1 Å². The van der Waals surface area contributed by atoms with Gasteiger partial charge < -0.3 is 4.74 Å². The van der Waals surface area contributed by atoms with Gasteiger partial charge in [-0.25, -0.2) is 22.8 Å². The van der Waals surface area contributed by atoms with Crippen LogP contribution in [0, 0.1) is 6.92 Å². The van der Waals surface area contributed by atoms with Gasteiger partial charge in [0.25, 0.3) is 6.17 Å². The largest absolute Gasteiger partial charge is 0.471 e. The second-order valence-electron chi connectivity index (χ2n) is 6.72. The molecule has 33 heavy (non-hydrogen) atoms. The minimum absolute atomic E-state index is 0.275. The summed E-state index contributed by atoms with van der Waals surface area (Å²) in [6.45, 7) is 0.217. The van der Waals surface area contributed by atoms with Crippen LogP contribution in [0.25, 0.3) is 11.3 Å². The Balaban J connectivity index is 2.53. The SMILES string of the molecule is CCS(=O)(=O)c1cc(C(F)(F)F)ccc1-c1ncnc(OCC(F)(F)C(F)C(F)(F)F)c1C. The van der Waals surface area contributed by atoms with Crippen molar-refractivity contribution in [3.8, 4) is 17.1 Å². The fourth-order valence-electron chi connectivity index (χ4n) is 2.64. The van der Waals surface area contributed by atoms with Gasteiger partial charge in [0.2, 0.25) is 5.88 Å². The first-order valence-electron chi connectivity index (χ1n) is 8.89. The molecule has 15 heteroatoms. The molecule has 1 aromatic heterocycles. The number of hydrogen-bond donors (Lipinski definition) is 0. The lowest BCUT2D eigenvalue weighted by molar-refractivity contribution is -0.250. The minimum atomic E-state index is -5.86. The standard InChI is InChI=1S/C18H15F9N2O3S/c1-3-33(30,31)12-6-10(17(22,23)24)4-5-11(12)13-9(2)14(29-8-28-13)32-7-16(20,21)15(19)18(25,26)27/h4-6,8,15H,3,7H2,1-2H3. The number of rotatable bonds is 7. The number of alkyl halides is 9. The van der Waals surface area contributed by atoms with Gasteiger partial charge in [-0.05, 0) is 19.1 Å². The Bertz CT molecular complexity index is 1120. The number of benzene rings is 1. The third-order valence-electron chi connectivity index (χ3n) is 4.38. The van der Waals surface area contributed by atoms with Crippen molar-refractivity contribution < 1.29 is 52.7 Å². The number of sulfone groups is 1. The molecule has 1 heterocycles. The second-order valence-corrected chi connectivity index (χ2v) is 8.97. The van der Waals surface area contributed by atoms with Gasteiger partial charge in [0.15, 0.2) is 16.4 Å². The van der Waals surface area contributed by atoms with Crippen LogP contribution in [0.5, 0.6) is 5.88 Å². The van der Waals surface area contributed by atoms with Crippen LogP contribution in [0.15, 0.2) is 29.4 Å². The quantitative estimate of drug-likeness (QED) is 0.481. The molecule has 1 unspecified atom stereocenters. The van der Waals surface area contributed by atoms with Gasteiger partial charge in [-0.1, -0.05) is 13.0 Å². The van der Waals surface area contributed by atoms with Crippen LogP contribution in [0.3, 0.4) is 0 Å². The molecule has 0 aliphatic rings. The highest BCUT2D eigenvalue weighted by Crippen LogP contribution is 2.38. The van der Waals surface area contributed by atoms with Crippen molar-refractivity contribution in [2.45, 2.75) is 43.2 Å². The zero-order chi connectivity index (χ0) is 25.4.